The quantitative estimate of drug-likeness (QED) is 0.734. The first-order valence-electron chi connectivity index (χ1n) is 6.54. The SMILES string of the molecule is CC(C)Cc1ccc(OC(C)C(C)(C)C)cc1. The van der Waals surface area contributed by atoms with Gasteiger partial charge in [0.05, 0.1) is 0 Å². The van der Waals surface area contributed by atoms with E-state index in [1.807, 2.05) is 0 Å². The molecule has 0 radical (unpaired) electrons. The van der Waals surface area contributed by atoms with Crippen molar-refractivity contribution in [1.29, 1.82) is 0 Å². The van der Waals surface area contributed by atoms with Crippen LogP contribution >= 0.6 is 0 Å². The van der Waals surface area contributed by atoms with Gasteiger partial charge in [-0.1, -0.05) is 46.8 Å². The van der Waals surface area contributed by atoms with Gasteiger partial charge in [-0.2, -0.15) is 0 Å². The molecule has 1 aromatic rings. The van der Waals surface area contributed by atoms with Gasteiger partial charge in [0.25, 0.3) is 0 Å². The summed E-state index contributed by atoms with van der Waals surface area (Å²) in [6, 6.07) is 8.51. The molecule has 0 saturated heterocycles. The molecule has 0 aromatic heterocycles. The van der Waals surface area contributed by atoms with Crippen LogP contribution in [-0.2, 0) is 6.42 Å². The first kappa shape index (κ1) is 14.1. The fourth-order valence-corrected chi connectivity index (χ4v) is 1.56. The molecule has 0 amide bonds. The standard InChI is InChI=1S/C16H26O/c1-12(2)11-14-7-9-15(10-8-14)17-13(3)16(4,5)6/h7-10,12-13H,11H2,1-6H3. The Hall–Kier alpha value is -0.980. The van der Waals surface area contributed by atoms with Crippen molar-refractivity contribution in [1.82, 2.24) is 0 Å². The van der Waals surface area contributed by atoms with Crippen LogP contribution in [0.3, 0.4) is 0 Å². The van der Waals surface area contributed by atoms with Gasteiger partial charge in [0.1, 0.15) is 11.9 Å². The van der Waals surface area contributed by atoms with Gasteiger partial charge < -0.3 is 4.74 Å². The number of ether oxygens (including phenoxy) is 1. The molecule has 17 heavy (non-hydrogen) atoms. The van der Waals surface area contributed by atoms with Crippen LogP contribution in [0.15, 0.2) is 24.3 Å². The molecule has 0 saturated carbocycles. The average molecular weight is 234 g/mol. The van der Waals surface area contributed by atoms with E-state index >= 15 is 0 Å². The number of rotatable bonds is 4. The van der Waals surface area contributed by atoms with Crippen molar-refractivity contribution in [3.8, 4) is 5.75 Å². The Kier molecular flexibility index (Phi) is 4.62. The Bertz CT molecular complexity index is 330. The molecule has 96 valence electrons. The van der Waals surface area contributed by atoms with E-state index in [0.29, 0.717) is 5.92 Å². The minimum atomic E-state index is 0.177. The molecule has 0 N–H and O–H groups in total. The van der Waals surface area contributed by atoms with Gasteiger partial charge in [-0.05, 0) is 42.4 Å². The fourth-order valence-electron chi connectivity index (χ4n) is 1.56. The predicted octanol–water partition coefficient (Wildman–Crippen LogP) is 4.70. The van der Waals surface area contributed by atoms with Crippen molar-refractivity contribution in [2.24, 2.45) is 11.3 Å². The molecule has 1 unspecified atom stereocenters. The molecular weight excluding hydrogens is 208 g/mol. The number of hydrogen-bond acceptors (Lipinski definition) is 1. The lowest BCUT2D eigenvalue weighted by molar-refractivity contribution is 0.103. The van der Waals surface area contributed by atoms with Gasteiger partial charge in [-0.15, -0.1) is 0 Å². The third-order valence-electron chi connectivity index (χ3n) is 3.10. The molecule has 1 nitrogen and oxygen atoms in total. The van der Waals surface area contributed by atoms with E-state index in [9.17, 15) is 0 Å². The lowest BCUT2D eigenvalue weighted by Gasteiger charge is -2.28. The van der Waals surface area contributed by atoms with Gasteiger partial charge in [-0.3, -0.25) is 0 Å². The molecule has 0 heterocycles. The predicted molar refractivity (Wildman–Crippen MR) is 74.5 cm³/mol. The van der Waals surface area contributed by atoms with E-state index in [2.05, 4.69) is 65.8 Å². The molecule has 0 aliphatic rings. The van der Waals surface area contributed by atoms with Gasteiger partial charge in [0.2, 0.25) is 0 Å². The highest BCUT2D eigenvalue weighted by atomic mass is 16.5. The Morgan fingerprint density at radius 3 is 1.94 bits per heavy atom. The van der Waals surface area contributed by atoms with Crippen LogP contribution in [0, 0.1) is 11.3 Å². The summed E-state index contributed by atoms with van der Waals surface area (Å²) in [6.45, 7) is 13.2. The fraction of sp³-hybridized carbons (Fsp3) is 0.625. The normalized spacial score (nSPS) is 13.8. The van der Waals surface area contributed by atoms with Gasteiger partial charge in [0, 0.05) is 0 Å². The summed E-state index contributed by atoms with van der Waals surface area (Å²) in [5.41, 5.74) is 1.56. The zero-order valence-corrected chi connectivity index (χ0v) is 12.1. The lowest BCUT2D eigenvalue weighted by atomic mass is 9.90. The average Bonchev–Trinajstić information content (AvgIpc) is 2.18. The zero-order valence-electron chi connectivity index (χ0n) is 12.1. The second kappa shape index (κ2) is 5.57. The van der Waals surface area contributed by atoms with Crippen molar-refractivity contribution < 1.29 is 4.74 Å². The summed E-state index contributed by atoms with van der Waals surface area (Å²) in [4.78, 5) is 0. The minimum absolute atomic E-state index is 0.177. The van der Waals surface area contributed by atoms with Crippen LogP contribution in [0.4, 0.5) is 0 Å². The molecule has 1 atom stereocenters. The molecule has 0 bridgehead atoms. The third-order valence-corrected chi connectivity index (χ3v) is 3.10. The second-order valence-corrected chi connectivity index (χ2v) is 6.37. The highest BCUT2D eigenvalue weighted by Gasteiger charge is 2.21. The molecule has 0 aliphatic carbocycles. The first-order chi connectivity index (χ1) is 7.79. The summed E-state index contributed by atoms with van der Waals surface area (Å²) in [6.07, 6.45) is 1.35. The minimum Gasteiger partial charge on any atom is -0.490 e. The molecule has 1 aromatic carbocycles. The lowest BCUT2D eigenvalue weighted by Crippen LogP contribution is -2.28. The summed E-state index contributed by atoms with van der Waals surface area (Å²) in [7, 11) is 0. The molecule has 0 spiro atoms. The summed E-state index contributed by atoms with van der Waals surface area (Å²) < 4.78 is 5.94. The number of hydrogen-bond donors (Lipinski definition) is 0. The Labute approximate surface area is 106 Å². The van der Waals surface area contributed by atoms with E-state index in [-0.39, 0.29) is 11.5 Å². The maximum atomic E-state index is 5.94. The first-order valence-corrected chi connectivity index (χ1v) is 6.54. The van der Waals surface area contributed by atoms with E-state index in [0.717, 1.165) is 12.2 Å². The molecule has 0 aliphatic heterocycles. The Morgan fingerprint density at radius 1 is 1.00 bits per heavy atom. The number of benzene rings is 1. The third kappa shape index (κ3) is 4.80. The Balaban J connectivity index is 2.62. The second-order valence-electron chi connectivity index (χ2n) is 6.37. The van der Waals surface area contributed by atoms with Gasteiger partial charge in [0.15, 0.2) is 0 Å². The van der Waals surface area contributed by atoms with Crippen LogP contribution in [-0.4, -0.2) is 6.10 Å². The maximum absolute atomic E-state index is 5.94. The van der Waals surface area contributed by atoms with E-state index in [1.165, 1.54) is 5.56 Å². The van der Waals surface area contributed by atoms with Crippen LogP contribution in [0.5, 0.6) is 5.75 Å². The molecule has 1 heteroatoms. The van der Waals surface area contributed by atoms with Crippen LogP contribution in [0.1, 0.15) is 47.1 Å². The summed E-state index contributed by atoms with van der Waals surface area (Å²) >= 11 is 0. The monoisotopic (exact) mass is 234 g/mol. The van der Waals surface area contributed by atoms with Gasteiger partial charge >= 0.3 is 0 Å². The van der Waals surface area contributed by atoms with Crippen LogP contribution in [0.25, 0.3) is 0 Å². The molecular formula is C16H26O. The summed E-state index contributed by atoms with van der Waals surface area (Å²) in [5.74, 6) is 1.68. The van der Waals surface area contributed by atoms with Crippen molar-refractivity contribution in [3.63, 3.8) is 0 Å². The van der Waals surface area contributed by atoms with Gasteiger partial charge in [-0.25, -0.2) is 0 Å². The highest BCUT2D eigenvalue weighted by Crippen LogP contribution is 2.24. The van der Waals surface area contributed by atoms with E-state index in [4.69, 9.17) is 4.74 Å². The zero-order chi connectivity index (χ0) is 13.1. The van der Waals surface area contributed by atoms with Crippen molar-refractivity contribution in [2.45, 2.75) is 54.1 Å². The topological polar surface area (TPSA) is 9.23 Å². The maximum Gasteiger partial charge on any atom is 0.119 e. The van der Waals surface area contributed by atoms with E-state index in [1.54, 1.807) is 0 Å². The van der Waals surface area contributed by atoms with Crippen molar-refractivity contribution >= 4 is 0 Å². The van der Waals surface area contributed by atoms with Crippen molar-refractivity contribution in [3.05, 3.63) is 29.8 Å². The Morgan fingerprint density at radius 2 is 1.53 bits per heavy atom. The molecule has 1 rings (SSSR count). The highest BCUT2D eigenvalue weighted by molar-refractivity contribution is 5.27. The van der Waals surface area contributed by atoms with E-state index < -0.39 is 0 Å². The molecule has 0 fully saturated rings. The summed E-state index contributed by atoms with van der Waals surface area (Å²) in [5, 5.41) is 0. The largest absolute Gasteiger partial charge is 0.490 e. The van der Waals surface area contributed by atoms with Crippen LogP contribution < -0.4 is 4.74 Å². The van der Waals surface area contributed by atoms with Crippen LogP contribution in [0.2, 0.25) is 0 Å². The van der Waals surface area contributed by atoms with Crippen molar-refractivity contribution in [2.75, 3.05) is 0 Å². The smallest absolute Gasteiger partial charge is 0.119 e.